The van der Waals surface area contributed by atoms with Gasteiger partial charge in [-0.1, -0.05) is 31.5 Å². The molecule has 0 aliphatic carbocycles. The van der Waals surface area contributed by atoms with Crippen LogP contribution in [0, 0.1) is 11.8 Å². The van der Waals surface area contributed by atoms with Crippen molar-refractivity contribution >= 4 is 16.8 Å². The van der Waals surface area contributed by atoms with Gasteiger partial charge >= 0.3 is 0 Å². The summed E-state index contributed by atoms with van der Waals surface area (Å²) >= 11 is 1.78. The Balaban J connectivity index is 2.44. The monoisotopic (exact) mass is 153 g/mol. The molecule has 0 saturated heterocycles. The summed E-state index contributed by atoms with van der Waals surface area (Å²) in [5, 5.41) is 1.66. The van der Waals surface area contributed by atoms with Gasteiger partial charge in [-0.3, -0.25) is 4.99 Å². The fourth-order valence-corrected chi connectivity index (χ4v) is 1.52. The van der Waals surface area contributed by atoms with E-state index >= 15 is 0 Å². The van der Waals surface area contributed by atoms with Gasteiger partial charge in [-0.2, -0.15) is 0 Å². The fourth-order valence-electron chi connectivity index (χ4n) is 0.710. The molecule has 54 valence electrons. The van der Waals surface area contributed by atoms with Gasteiger partial charge in [-0.25, -0.2) is 0 Å². The maximum atomic E-state index is 4.26. The smallest absolute Gasteiger partial charge is 0.142 e. The van der Waals surface area contributed by atoms with Crippen molar-refractivity contribution in [3.8, 4) is 11.8 Å². The van der Waals surface area contributed by atoms with Crippen LogP contribution in [0.4, 0.5) is 0 Å². The standard InChI is InChI=1S/C8H11NS/c1-3-4-5-8-9-6-7(2)10-8/h7H,3,6H2,1-2H3/t7-/m0/s1. The molecule has 0 unspecified atom stereocenters. The molecule has 0 amide bonds. The maximum absolute atomic E-state index is 4.26. The molecule has 0 aromatic heterocycles. The Bertz CT molecular complexity index is 197. The first-order valence-corrected chi connectivity index (χ1v) is 4.41. The quantitative estimate of drug-likeness (QED) is 0.484. The normalized spacial score (nSPS) is 23.4. The molecule has 0 spiro atoms. The third-order valence-corrected chi connectivity index (χ3v) is 2.18. The Morgan fingerprint density at radius 3 is 3.10 bits per heavy atom. The van der Waals surface area contributed by atoms with Crippen molar-refractivity contribution < 1.29 is 0 Å². The zero-order valence-corrected chi connectivity index (χ0v) is 7.16. The van der Waals surface area contributed by atoms with Crippen molar-refractivity contribution in [2.45, 2.75) is 25.5 Å². The highest BCUT2D eigenvalue weighted by Gasteiger charge is 2.11. The van der Waals surface area contributed by atoms with Crippen LogP contribution in [-0.2, 0) is 0 Å². The first-order valence-electron chi connectivity index (χ1n) is 3.53. The maximum Gasteiger partial charge on any atom is 0.142 e. The number of rotatable bonds is 0. The summed E-state index contributed by atoms with van der Waals surface area (Å²) in [5.41, 5.74) is 0. The van der Waals surface area contributed by atoms with Crippen LogP contribution in [0.2, 0.25) is 0 Å². The van der Waals surface area contributed by atoms with E-state index in [4.69, 9.17) is 0 Å². The molecule has 0 fully saturated rings. The van der Waals surface area contributed by atoms with Crippen LogP contribution in [0.3, 0.4) is 0 Å². The minimum absolute atomic E-state index is 0.640. The Kier molecular flexibility index (Phi) is 2.82. The van der Waals surface area contributed by atoms with Crippen LogP contribution in [0.25, 0.3) is 0 Å². The molecule has 1 heterocycles. The minimum atomic E-state index is 0.640. The summed E-state index contributed by atoms with van der Waals surface area (Å²) in [5.74, 6) is 6.03. The van der Waals surface area contributed by atoms with Gasteiger partial charge in [0.1, 0.15) is 5.04 Å². The second-order valence-corrected chi connectivity index (χ2v) is 3.66. The molecule has 1 aliphatic rings. The van der Waals surface area contributed by atoms with E-state index in [1.54, 1.807) is 11.8 Å². The van der Waals surface area contributed by atoms with Gasteiger partial charge in [0.15, 0.2) is 0 Å². The molecule has 10 heavy (non-hydrogen) atoms. The van der Waals surface area contributed by atoms with E-state index in [0.29, 0.717) is 5.25 Å². The van der Waals surface area contributed by atoms with Gasteiger partial charge in [0.25, 0.3) is 0 Å². The van der Waals surface area contributed by atoms with E-state index < -0.39 is 0 Å². The summed E-state index contributed by atoms with van der Waals surface area (Å²) in [7, 11) is 0. The number of aliphatic imine (C=N–C) groups is 1. The molecule has 0 bridgehead atoms. The number of hydrogen-bond donors (Lipinski definition) is 0. The van der Waals surface area contributed by atoms with Gasteiger partial charge in [0.05, 0.1) is 6.54 Å². The number of thioether (sulfide) groups is 1. The number of nitrogens with zero attached hydrogens (tertiary/aromatic N) is 1. The van der Waals surface area contributed by atoms with E-state index in [2.05, 4.69) is 30.7 Å². The SMILES string of the molecule is CCC#CC1=NC[C@H](C)S1. The molecular weight excluding hydrogens is 142 g/mol. The van der Waals surface area contributed by atoms with Crippen molar-refractivity contribution in [2.75, 3.05) is 6.54 Å². The van der Waals surface area contributed by atoms with E-state index in [0.717, 1.165) is 18.0 Å². The summed E-state index contributed by atoms with van der Waals surface area (Å²) in [4.78, 5) is 4.26. The van der Waals surface area contributed by atoms with Gasteiger partial charge in [0, 0.05) is 11.7 Å². The van der Waals surface area contributed by atoms with Crippen molar-refractivity contribution in [1.29, 1.82) is 0 Å². The molecule has 2 heteroatoms. The third-order valence-electron chi connectivity index (χ3n) is 1.18. The largest absolute Gasteiger partial charge is 0.269 e. The van der Waals surface area contributed by atoms with Gasteiger partial charge in [-0.05, 0) is 5.92 Å². The zero-order chi connectivity index (χ0) is 7.40. The predicted molar refractivity (Wildman–Crippen MR) is 47.4 cm³/mol. The average molecular weight is 153 g/mol. The third kappa shape index (κ3) is 2.07. The first-order chi connectivity index (χ1) is 4.83. The lowest BCUT2D eigenvalue weighted by Crippen LogP contribution is -1.92. The van der Waals surface area contributed by atoms with Crippen LogP contribution in [0.5, 0.6) is 0 Å². The lowest BCUT2D eigenvalue weighted by atomic mass is 10.5. The van der Waals surface area contributed by atoms with Crippen LogP contribution >= 0.6 is 11.8 Å². The summed E-state index contributed by atoms with van der Waals surface area (Å²) in [6.45, 7) is 5.17. The predicted octanol–water partition coefficient (Wildman–Crippen LogP) is 1.93. The minimum Gasteiger partial charge on any atom is -0.269 e. The van der Waals surface area contributed by atoms with E-state index in [1.165, 1.54) is 0 Å². The highest BCUT2D eigenvalue weighted by Crippen LogP contribution is 2.19. The summed E-state index contributed by atoms with van der Waals surface area (Å²) in [6.07, 6.45) is 0.925. The van der Waals surface area contributed by atoms with E-state index in [9.17, 15) is 0 Å². The highest BCUT2D eigenvalue weighted by atomic mass is 32.2. The van der Waals surface area contributed by atoms with Crippen LogP contribution in [-0.4, -0.2) is 16.8 Å². The Morgan fingerprint density at radius 1 is 1.80 bits per heavy atom. The highest BCUT2D eigenvalue weighted by molar-refractivity contribution is 8.15. The molecule has 0 saturated carbocycles. The Labute approximate surface area is 66.3 Å². The van der Waals surface area contributed by atoms with Crippen molar-refractivity contribution in [2.24, 2.45) is 4.99 Å². The molecular formula is C8H11NS. The molecule has 1 aliphatic heterocycles. The Morgan fingerprint density at radius 2 is 2.60 bits per heavy atom. The fraction of sp³-hybridized carbons (Fsp3) is 0.625. The molecule has 0 N–H and O–H groups in total. The van der Waals surface area contributed by atoms with Gasteiger partial charge < -0.3 is 0 Å². The lowest BCUT2D eigenvalue weighted by Gasteiger charge is -1.91. The van der Waals surface area contributed by atoms with Crippen molar-refractivity contribution in [1.82, 2.24) is 0 Å². The molecule has 0 aromatic carbocycles. The summed E-state index contributed by atoms with van der Waals surface area (Å²) in [6, 6.07) is 0. The second-order valence-electron chi connectivity index (χ2n) is 2.23. The van der Waals surface area contributed by atoms with E-state index in [-0.39, 0.29) is 0 Å². The Hall–Kier alpha value is -0.420. The van der Waals surface area contributed by atoms with Crippen LogP contribution in [0.1, 0.15) is 20.3 Å². The van der Waals surface area contributed by atoms with Crippen LogP contribution < -0.4 is 0 Å². The van der Waals surface area contributed by atoms with E-state index in [1.807, 2.05) is 0 Å². The van der Waals surface area contributed by atoms with Crippen molar-refractivity contribution in [3.05, 3.63) is 0 Å². The molecule has 1 atom stereocenters. The van der Waals surface area contributed by atoms with Gasteiger partial charge in [0.2, 0.25) is 0 Å². The summed E-state index contributed by atoms with van der Waals surface area (Å²) < 4.78 is 0. The average Bonchev–Trinajstić information content (AvgIpc) is 2.31. The topological polar surface area (TPSA) is 12.4 Å². The van der Waals surface area contributed by atoms with Gasteiger partial charge in [-0.15, -0.1) is 0 Å². The lowest BCUT2D eigenvalue weighted by molar-refractivity contribution is 0.977. The molecule has 0 aromatic rings. The molecule has 1 nitrogen and oxygen atoms in total. The second kappa shape index (κ2) is 3.68. The first kappa shape index (κ1) is 7.68. The molecule has 0 radical (unpaired) electrons. The molecule has 1 rings (SSSR count). The number of hydrogen-bond acceptors (Lipinski definition) is 2. The zero-order valence-electron chi connectivity index (χ0n) is 6.35. The van der Waals surface area contributed by atoms with Crippen LogP contribution in [0.15, 0.2) is 4.99 Å². The van der Waals surface area contributed by atoms with Crippen molar-refractivity contribution in [3.63, 3.8) is 0 Å².